The van der Waals surface area contributed by atoms with Gasteiger partial charge in [0.2, 0.25) is 0 Å². The monoisotopic (exact) mass is 396 g/mol. The quantitative estimate of drug-likeness (QED) is 0.702. The number of ether oxygens (including phenoxy) is 1. The molecule has 2 aliphatic rings. The molecule has 4 nitrogen and oxygen atoms in total. The number of hydrogen-bond donors (Lipinski definition) is 0. The van der Waals surface area contributed by atoms with Crippen LogP contribution in [0.15, 0.2) is 48.5 Å². The molecule has 0 amide bonds. The molecule has 2 saturated heterocycles. The van der Waals surface area contributed by atoms with Crippen LogP contribution in [0.3, 0.4) is 0 Å². The molecule has 0 N–H and O–H groups in total. The zero-order chi connectivity index (χ0) is 20.2. The van der Waals surface area contributed by atoms with Crippen molar-refractivity contribution in [1.82, 2.24) is 4.90 Å². The maximum atomic E-state index is 13.2. The average molecular weight is 397 g/mol. The SMILES string of the molecule is COc1cccc(C(=O)C2CCCN(C3CCN(c4ccc(F)cc4)CC3)C2)c1. The van der Waals surface area contributed by atoms with Crippen LogP contribution in [0.2, 0.25) is 0 Å². The molecule has 0 aliphatic carbocycles. The van der Waals surface area contributed by atoms with E-state index >= 15 is 0 Å². The number of piperidine rings is 2. The van der Waals surface area contributed by atoms with E-state index in [1.54, 1.807) is 7.11 Å². The molecular weight excluding hydrogens is 367 g/mol. The molecule has 2 heterocycles. The molecule has 0 saturated carbocycles. The van der Waals surface area contributed by atoms with Gasteiger partial charge in [-0.3, -0.25) is 9.69 Å². The molecule has 1 atom stereocenters. The molecule has 0 bridgehead atoms. The second-order valence-electron chi connectivity index (χ2n) is 8.12. The van der Waals surface area contributed by atoms with E-state index in [2.05, 4.69) is 9.80 Å². The number of carbonyl (C=O) groups excluding carboxylic acids is 1. The predicted octanol–water partition coefficient (Wildman–Crippen LogP) is 4.40. The van der Waals surface area contributed by atoms with E-state index in [-0.39, 0.29) is 17.5 Å². The fraction of sp³-hybridized carbons (Fsp3) is 0.458. The number of carbonyl (C=O) groups is 1. The summed E-state index contributed by atoms with van der Waals surface area (Å²) in [4.78, 5) is 17.9. The van der Waals surface area contributed by atoms with Gasteiger partial charge in [-0.05, 0) is 68.6 Å². The molecule has 2 aromatic carbocycles. The van der Waals surface area contributed by atoms with Crippen LogP contribution in [0.1, 0.15) is 36.0 Å². The number of hydrogen-bond acceptors (Lipinski definition) is 4. The maximum absolute atomic E-state index is 13.2. The van der Waals surface area contributed by atoms with E-state index in [0.717, 1.165) is 68.9 Å². The summed E-state index contributed by atoms with van der Waals surface area (Å²) in [6.07, 6.45) is 4.19. The Kier molecular flexibility index (Phi) is 6.14. The van der Waals surface area contributed by atoms with Gasteiger partial charge < -0.3 is 9.64 Å². The van der Waals surface area contributed by atoms with E-state index in [9.17, 15) is 9.18 Å². The van der Waals surface area contributed by atoms with Crippen LogP contribution >= 0.6 is 0 Å². The number of Topliss-reactive ketones (excluding diaryl/α,β-unsaturated/α-hetero) is 1. The first-order valence-corrected chi connectivity index (χ1v) is 10.6. The van der Waals surface area contributed by atoms with Gasteiger partial charge in [-0.1, -0.05) is 12.1 Å². The third-order valence-electron chi connectivity index (χ3n) is 6.35. The normalized spacial score (nSPS) is 21.2. The van der Waals surface area contributed by atoms with Crippen LogP contribution in [0.4, 0.5) is 10.1 Å². The third-order valence-corrected chi connectivity index (χ3v) is 6.35. The Balaban J connectivity index is 1.35. The van der Waals surface area contributed by atoms with Crippen molar-refractivity contribution >= 4 is 11.5 Å². The summed E-state index contributed by atoms with van der Waals surface area (Å²) < 4.78 is 18.4. The molecule has 4 rings (SSSR count). The Hall–Kier alpha value is -2.40. The molecule has 154 valence electrons. The Bertz CT molecular complexity index is 831. The van der Waals surface area contributed by atoms with Crippen molar-refractivity contribution in [3.05, 3.63) is 59.9 Å². The van der Waals surface area contributed by atoms with Gasteiger partial charge in [0.1, 0.15) is 11.6 Å². The van der Waals surface area contributed by atoms with Crippen LogP contribution in [0.5, 0.6) is 5.75 Å². The molecule has 2 aliphatic heterocycles. The summed E-state index contributed by atoms with van der Waals surface area (Å²) in [5.74, 6) is 0.837. The summed E-state index contributed by atoms with van der Waals surface area (Å²) in [5.41, 5.74) is 1.84. The summed E-state index contributed by atoms with van der Waals surface area (Å²) in [6, 6.07) is 14.8. The number of benzene rings is 2. The van der Waals surface area contributed by atoms with Gasteiger partial charge in [0.25, 0.3) is 0 Å². The first kappa shape index (κ1) is 19.9. The van der Waals surface area contributed by atoms with Gasteiger partial charge in [0.15, 0.2) is 5.78 Å². The van der Waals surface area contributed by atoms with Crippen molar-refractivity contribution in [1.29, 1.82) is 0 Å². The topological polar surface area (TPSA) is 32.8 Å². The molecule has 5 heteroatoms. The summed E-state index contributed by atoms with van der Waals surface area (Å²) in [6.45, 7) is 3.86. The summed E-state index contributed by atoms with van der Waals surface area (Å²) in [5, 5.41) is 0. The lowest BCUT2D eigenvalue weighted by atomic mass is 9.88. The van der Waals surface area contributed by atoms with Gasteiger partial charge in [-0.2, -0.15) is 0 Å². The Morgan fingerprint density at radius 3 is 2.52 bits per heavy atom. The fourth-order valence-electron chi connectivity index (χ4n) is 4.71. The summed E-state index contributed by atoms with van der Waals surface area (Å²) >= 11 is 0. The number of nitrogens with zero attached hydrogens (tertiary/aromatic N) is 2. The molecule has 2 fully saturated rings. The molecule has 0 spiro atoms. The molecule has 29 heavy (non-hydrogen) atoms. The largest absolute Gasteiger partial charge is 0.497 e. The van der Waals surface area contributed by atoms with Gasteiger partial charge in [0, 0.05) is 42.8 Å². The maximum Gasteiger partial charge on any atom is 0.167 e. The standard InChI is InChI=1S/C24H29FN2O2/c1-29-23-6-2-4-18(16-23)24(28)19-5-3-13-27(17-19)22-11-14-26(15-12-22)21-9-7-20(25)8-10-21/h2,4,6-10,16,19,22H,3,5,11-15,17H2,1H3. The van der Waals surface area contributed by atoms with Crippen molar-refractivity contribution in [2.45, 2.75) is 31.7 Å². The minimum atomic E-state index is -0.191. The van der Waals surface area contributed by atoms with E-state index < -0.39 is 0 Å². The highest BCUT2D eigenvalue weighted by molar-refractivity contribution is 5.98. The van der Waals surface area contributed by atoms with E-state index in [1.165, 1.54) is 12.1 Å². The average Bonchev–Trinajstić information content (AvgIpc) is 2.79. The van der Waals surface area contributed by atoms with E-state index in [4.69, 9.17) is 4.74 Å². The first-order chi connectivity index (χ1) is 14.1. The third kappa shape index (κ3) is 4.61. The number of halogens is 1. The smallest absolute Gasteiger partial charge is 0.167 e. The van der Waals surface area contributed by atoms with E-state index in [1.807, 2.05) is 36.4 Å². The van der Waals surface area contributed by atoms with Crippen molar-refractivity contribution in [3.63, 3.8) is 0 Å². The van der Waals surface area contributed by atoms with Gasteiger partial charge >= 0.3 is 0 Å². The number of methoxy groups -OCH3 is 1. The minimum absolute atomic E-state index is 0.0611. The first-order valence-electron chi connectivity index (χ1n) is 10.6. The number of rotatable bonds is 5. The molecule has 2 aromatic rings. The van der Waals surface area contributed by atoms with Gasteiger partial charge in [-0.25, -0.2) is 4.39 Å². The van der Waals surface area contributed by atoms with Crippen LogP contribution in [-0.4, -0.2) is 50.0 Å². The van der Waals surface area contributed by atoms with Crippen molar-refractivity contribution in [2.24, 2.45) is 5.92 Å². The zero-order valence-electron chi connectivity index (χ0n) is 17.0. The molecule has 1 unspecified atom stereocenters. The second kappa shape index (κ2) is 8.95. The van der Waals surface area contributed by atoms with Gasteiger partial charge in [-0.15, -0.1) is 0 Å². The molecular formula is C24H29FN2O2. The van der Waals surface area contributed by atoms with Crippen molar-refractivity contribution < 1.29 is 13.9 Å². The van der Waals surface area contributed by atoms with Gasteiger partial charge in [0.05, 0.1) is 7.11 Å². The van der Waals surface area contributed by atoms with Crippen LogP contribution in [0.25, 0.3) is 0 Å². The Morgan fingerprint density at radius 2 is 1.79 bits per heavy atom. The lowest BCUT2D eigenvalue weighted by Gasteiger charge is -2.42. The Labute approximate surface area is 172 Å². The molecule has 0 radical (unpaired) electrons. The van der Waals surface area contributed by atoms with Crippen molar-refractivity contribution in [2.75, 3.05) is 38.2 Å². The van der Waals surface area contributed by atoms with E-state index in [0.29, 0.717) is 6.04 Å². The minimum Gasteiger partial charge on any atom is -0.497 e. The highest BCUT2D eigenvalue weighted by atomic mass is 19.1. The lowest BCUT2D eigenvalue weighted by molar-refractivity contribution is 0.0719. The predicted molar refractivity (Wildman–Crippen MR) is 113 cm³/mol. The van der Waals surface area contributed by atoms with Crippen molar-refractivity contribution in [3.8, 4) is 5.75 Å². The number of ketones is 1. The van der Waals surface area contributed by atoms with Crippen LogP contribution < -0.4 is 9.64 Å². The highest BCUT2D eigenvalue weighted by Gasteiger charge is 2.32. The number of likely N-dealkylation sites (tertiary alicyclic amines) is 1. The lowest BCUT2D eigenvalue weighted by Crippen LogP contribution is -2.49. The molecule has 0 aromatic heterocycles. The van der Waals surface area contributed by atoms with Crippen LogP contribution in [0, 0.1) is 11.7 Å². The second-order valence-corrected chi connectivity index (χ2v) is 8.12. The number of anilines is 1. The Morgan fingerprint density at radius 1 is 1.03 bits per heavy atom. The fourth-order valence-corrected chi connectivity index (χ4v) is 4.71. The summed E-state index contributed by atoms with van der Waals surface area (Å²) in [7, 11) is 1.63. The van der Waals surface area contributed by atoms with Crippen LogP contribution in [-0.2, 0) is 0 Å². The zero-order valence-corrected chi connectivity index (χ0v) is 17.0. The highest BCUT2D eigenvalue weighted by Crippen LogP contribution is 2.28.